The molecule has 1 aromatic heterocycles. The predicted octanol–water partition coefficient (Wildman–Crippen LogP) is 2.41. The Balaban J connectivity index is 2.52. The van der Waals surface area contributed by atoms with Crippen LogP contribution in [0.15, 0.2) is 22.8 Å². The highest BCUT2D eigenvalue weighted by Gasteiger charge is 2.20. The van der Waals surface area contributed by atoms with E-state index in [1.54, 1.807) is 12.3 Å². The lowest BCUT2D eigenvalue weighted by Crippen LogP contribution is -2.35. The van der Waals surface area contributed by atoms with Crippen LogP contribution in [0.1, 0.15) is 32.6 Å². The monoisotopic (exact) mass is 227 g/mol. The van der Waals surface area contributed by atoms with E-state index in [2.05, 4.69) is 17.9 Å². The van der Waals surface area contributed by atoms with Crippen LogP contribution in [-0.2, 0) is 4.79 Å². The number of nitrogens with one attached hydrogen (secondary N) is 1. The highest BCUT2D eigenvalue weighted by molar-refractivity contribution is 7.81. The van der Waals surface area contributed by atoms with Gasteiger partial charge in [0, 0.05) is 0 Å². The number of amides is 1. The fourth-order valence-corrected chi connectivity index (χ4v) is 1.28. The molecule has 1 heterocycles. The topological polar surface area (TPSA) is 42.2 Å². The molecule has 0 fully saturated rings. The van der Waals surface area contributed by atoms with E-state index in [1.165, 1.54) is 0 Å². The third-order valence-corrected chi connectivity index (χ3v) is 3.06. The summed E-state index contributed by atoms with van der Waals surface area (Å²) in [6.45, 7) is 5.82. The molecule has 1 N–H and O–H groups in total. The van der Waals surface area contributed by atoms with Gasteiger partial charge >= 0.3 is 0 Å². The third-order valence-electron chi connectivity index (χ3n) is 2.23. The van der Waals surface area contributed by atoms with Crippen LogP contribution in [0.2, 0.25) is 0 Å². The van der Waals surface area contributed by atoms with Gasteiger partial charge in [0.1, 0.15) is 5.76 Å². The van der Waals surface area contributed by atoms with Gasteiger partial charge in [-0.25, -0.2) is 0 Å². The van der Waals surface area contributed by atoms with Crippen molar-refractivity contribution < 1.29 is 9.21 Å². The molecule has 0 saturated heterocycles. The van der Waals surface area contributed by atoms with E-state index < -0.39 is 0 Å². The van der Waals surface area contributed by atoms with E-state index in [0.29, 0.717) is 0 Å². The van der Waals surface area contributed by atoms with Crippen LogP contribution in [0, 0.1) is 5.92 Å². The number of carbonyl (C=O) groups excluding carboxylic acids is 1. The van der Waals surface area contributed by atoms with Crippen LogP contribution >= 0.6 is 12.6 Å². The molecule has 0 saturated carbocycles. The molecular weight excluding hydrogens is 210 g/mol. The maximum absolute atomic E-state index is 11.7. The van der Waals surface area contributed by atoms with Gasteiger partial charge in [-0.15, -0.1) is 0 Å². The molecule has 1 amide bonds. The van der Waals surface area contributed by atoms with Gasteiger partial charge in [0.05, 0.1) is 17.6 Å². The van der Waals surface area contributed by atoms with Crippen molar-refractivity contribution in [2.45, 2.75) is 32.1 Å². The van der Waals surface area contributed by atoms with Gasteiger partial charge in [0.2, 0.25) is 5.91 Å². The third kappa shape index (κ3) is 3.30. The van der Waals surface area contributed by atoms with Crippen molar-refractivity contribution in [3.8, 4) is 0 Å². The molecular formula is C11H17NO2S. The van der Waals surface area contributed by atoms with Crippen molar-refractivity contribution in [3.63, 3.8) is 0 Å². The molecule has 3 nitrogen and oxygen atoms in total. The van der Waals surface area contributed by atoms with Gasteiger partial charge in [-0.3, -0.25) is 4.79 Å². The van der Waals surface area contributed by atoms with Gasteiger partial charge in [-0.1, -0.05) is 13.8 Å². The zero-order chi connectivity index (χ0) is 11.4. The number of hydrogen-bond acceptors (Lipinski definition) is 3. The summed E-state index contributed by atoms with van der Waals surface area (Å²) < 4.78 is 5.20. The van der Waals surface area contributed by atoms with Gasteiger partial charge in [0.15, 0.2) is 0 Å². The Labute approximate surface area is 95.6 Å². The van der Waals surface area contributed by atoms with Crippen LogP contribution in [0.5, 0.6) is 0 Å². The van der Waals surface area contributed by atoms with Gasteiger partial charge in [0.25, 0.3) is 0 Å². The van der Waals surface area contributed by atoms with E-state index in [-0.39, 0.29) is 23.1 Å². The molecule has 1 aromatic rings. The molecule has 2 atom stereocenters. The minimum atomic E-state index is -0.276. The fourth-order valence-electron chi connectivity index (χ4n) is 1.21. The molecule has 84 valence electrons. The molecule has 0 bridgehead atoms. The van der Waals surface area contributed by atoms with Crippen molar-refractivity contribution >= 4 is 18.5 Å². The Morgan fingerprint density at radius 2 is 2.13 bits per heavy atom. The summed E-state index contributed by atoms with van der Waals surface area (Å²) in [4.78, 5) is 11.7. The van der Waals surface area contributed by atoms with Crippen LogP contribution in [0.4, 0.5) is 0 Å². The zero-order valence-electron chi connectivity index (χ0n) is 9.23. The minimum absolute atomic E-state index is 0.0581. The maximum atomic E-state index is 11.7. The molecule has 0 aliphatic heterocycles. The Morgan fingerprint density at radius 1 is 1.47 bits per heavy atom. The second-order valence-corrected chi connectivity index (χ2v) is 4.49. The molecule has 0 aliphatic rings. The highest BCUT2D eigenvalue weighted by atomic mass is 32.1. The number of carbonyl (C=O) groups is 1. The number of thiol groups is 1. The molecule has 0 spiro atoms. The van der Waals surface area contributed by atoms with Crippen LogP contribution < -0.4 is 5.32 Å². The highest BCUT2D eigenvalue weighted by Crippen LogP contribution is 2.15. The zero-order valence-corrected chi connectivity index (χ0v) is 10.1. The second kappa shape index (κ2) is 5.26. The Morgan fingerprint density at radius 3 is 2.60 bits per heavy atom. The summed E-state index contributed by atoms with van der Waals surface area (Å²) in [6, 6.07) is 3.54. The van der Waals surface area contributed by atoms with E-state index in [4.69, 9.17) is 4.42 Å². The van der Waals surface area contributed by atoms with Gasteiger partial charge in [-0.2, -0.15) is 12.6 Å². The summed E-state index contributed by atoms with van der Waals surface area (Å²) in [7, 11) is 0. The molecule has 15 heavy (non-hydrogen) atoms. The van der Waals surface area contributed by atoms with Crippen molar-refractivity contribution in [2.24, 2.45) is 5.92 Å². The van der Waals surface area contributed by atoms with E-state index in [9.17, 15) is 4.79 Å². The maximum Gasteiger partial charge on any atom is 0.233 e. The fraction of sp³-hybridized carbons (Fsp3) is 0.545. The quantitative estimate of drug-likeness (QED) is 0.776. The summed E-state index contributed by atoms with van der Waals surface area (Å²) in [5, 5.41) is 2.58. The summed E-state index contributed by atoms with van der Waals surface area (Å²) >= 11 is 4.25. The average molecular weight is 227 g/mol. The van der Waals surface area contributed by atoms with Crippen molar-refractivity contribution in [1.82, 2.24) is 5.32 Å². The van der Waals surface area contributed by atoms with Crippen LogP contribution in [-0.4, -0.2) is 11.2 Å². The summed E-state index contributed by atoms with van der Waals surface area (Å²) in [5.74, 6) is 0.919. The first kappa shape index (κ1) is 12.2. The molecule has 0 radical (unpaired) electrons. The number of furan rings is 1. The largest absolute Gasteiger partial charge is 0.467 e. The smallest absolute Gasteiger partial charge is 0.233 e. The average Bonchev–Trinajstić information content (AvgIpc) is 2.68. The predicted molar refractivity (Wildman–Crippen MR) is 62.9 cm³/mol. The number of rotatable bonds is 4. The summed E-state index contributed by atoms with van der Waals surface area (Å²) in [5.41, 5.74) is 0. The van der Waals surface area contributed by atoms with Crippen molar-refractivity contribution in [1.29, 1.82) is 0 Å². The molecule has 0 aliphatic carbocycles. The van der Waals surface area contributed by atoms with Crippen molar-refractivity contribution in [2.75, 3.05) is 0 Å². The summed E-state index contributed by atoms with van der Waals surface area (Å²) in [6.07, 6.45) is 1.60. The normalized spacial score (nSPS) is 15.0. The van der Waals surface area contributed by atoms with Crippen LogP contribution in [0.25, 0.3) is 0 Å². The number of hydrogen-bond donors (Lipinski definition) is 2. The van der Waals surface area contributed by atoms with Gasteiger partial charge < -0.3 is 9.73 Å². The van der Waals surface area contributed by atoms with E-state index >= 15 is 0 Å². The van der Waals surface area contributed by atoms with E-state index in [1.807, 2.05) is 26.8 Å². The van der Waals surface area contributed by atoms with Crippen LogP contribution in [0.3, 0.4) is 0 Å². The molecule has 4 heteroatoms. The lowest BCUT2D eigenvalue weighted by molar-refractivity contribution is -0.121. The standard InChI is InChI=1S/C11H17NO2S/c1-7(2)10(15)11(13)12-8(3)9-5-4-6-14-9/h4-8,10,15H,1-3H3,(H,12,13). The van der Waals surface area contributed by atoms with E-state index in [0.717, 1.165) is 5.76 Å². The van der Waals surface area contributed by atoms with Crippen molar-refractivity contribution in [3.05, 3.63) is 24.2 Å². The lowest BCUT2D eigenvalue weighted by atomic mass is 10.1. The molecule has 0 aromatic carbocycles. The lowest BCUT2D eigenvalue weighted by Gasteiger charge is -2.17. The SMILES string of the molecule is CC(NC(=O)C(S)C(C)C)c1ccco1. The van der Waals surface area contributed by atoms with Gasteiger partial charge in [-0.05, 0) is 25.0 Å². The first-order valence-corrected chi connectivity index (χ1v) is 5.56. The second-order valence-electron chi connectivity index (χ2n) is 3.93. The Kier molecular flexibility index (Phi) is 4.27. The molecule has 2 unspecified atom stereocenters. The molecule has 1 rings (SSSR count). The first-order chi connectivity index (χ1) is 7.02. The Bertz CT molecular complexity index is 308. The Hall–Kier alpha value is -0.900. The first-order valence-electron chi connectivity index (χ1n) is 5.04. The minimum Gasteiger partial charge on any atom is -0.467 e.